The number of thiophene rings is 1. The monoisotopic (exact) mass is 311 g/mol. The molecule has 0 spiro atoms. The number of hydrogen-bond donors (Lipinski definition) is 0. The summed E-state index contributed by atoms with van der Waals surface area (Å²) in [6, 6.07) is 9.70. The van der Waals surface area contributed by atoms with Gasteiger partial charge in [0.05, 0.1) is 15.3 Å². The average Bonchev–Trinajstić information content (AvgIpc) is 2.86. The van der Waals surface area contributed by atoms with Gasteiger partial charge in [-0.2, -0.15) is 0 Å². The van der Waals surface area contributed by atoms with Gasteiger partial charge in [-0.25, -0.2) is 4.39 Å². The van der Waals surface area contributed by atoms with E-state index in [2.05, 4.69) is 0 Å². The molecular formula is C15H15ClFNOS. The zero-order valence-corrected chi connectivity index (χ0v) is 12.8. The summed E-state index contributed by atoms with van der Waals surface area (Å²) >= 11 is 7.11. The first-order valence-corrected chi connectivity index (χ1v) is 7.41. The summed E-state index contributed by atoms with van der Waals surface area (Å²) in [6.07, 6.45) is 0. The van der Waals surface area contributed by atoms with Crippen molar-refractivity contribution in [2.75, 3.05) is 7.05 Å². The molecule has 1 heterocycles. The van der Waals surface area contributed by atoms with E-state index in [0.717, 1.165) is 0 Å². The van der Waals surface area contributed by atoms with E-state index >= 15 is 0 Å². The predicted molar refractivity (Wildman–Crippen MR) is 81.0 cm³/mol. The molecule has 0 saturated carbocycles. The third kappa shape index (κ3) is 3.45. The maximum atomic E-state index is 13.6. The van der Waals surface area contributed by atoms with E-state index in [1.165, 1.54) is 17.4 Å². The van der Waals surface area contributed by atoms with Crippen molar-refractivity contribution in [3.05, 3.63) is 57.0 Å². The van der Waals surface area contributed by atoms with Gasteiger partial charge < -0.3 is 0 Å². The average molecular weight is 312 g/mol. The Bertz CT molecular complexity index is 613. The molecule has 2 nitrogen and oxygen atoms in total. The third-order valence-corrected chi connectivity index (χ3v) is 4.48. The Morgan fingerprint density at radius 3 is 2.65 bits per heavy atom. The van der Waals surface area contributed by atoms with Crippen LogP contribution in [-0.4, -0.2) is 23.8 Å². The normalized spacial score (nSPS) is 12.7. The second-order valence-corrected chi connectivity index (χ2v) is 6.37. The van der Waals surface area contributed by atoms with Crippen LogP contribution in [0.5, 0.6) is 0 Å². The minimum Gasteiger partial charge on any atom is -0.292 e. The molecule has 1 aromatic carbocycles. The summed E-state index contributed by atoms with van der Waals surface area (Å²) in [4.78, 5) is 14.7. The highest BCUT2D eigenvalue weighted by Gasteiger charge is 2.21. The topological polar surface area (TPSA) is 20.3 Å². The highest BCUT2D eigenvalue weighted by atomic mass is 35.5. The number of benzene rings is 1. The van der Waals surface area contributed by atoms with Crippen molar-refractivity contribution in [3.63, 3.8) is 0 Å². The molecule has 0 aliphatic heterocycles. The highest BCUT2D eigenvalue weighted by molar-refractivity contribution is 7.18. The molecule has 0 aliphatic carbocycles. The first-order chi connectivity index (χ1) is 9.49. The second kappa shape index (κ2) is 6.48. The van der Waals surface area contributed by atoms with Gasteiger partial charge in [0.2, 0.25) is 0 Å². The fourth-order valence-corrected chi connectivity index (χ4v) is 2.95. The van der Waals surface area contributed by atoms with Gasteiger partial charge in [-0.05, 0) is 32.2 Å². The van der Waals surface area contributed by atoms with Crippen molar-refractivity contribution in [1.29, 1.82) is 0 Å². The molecule has 0 aliphatic rings. The van der Waals surface area contributed by atoms with Crippen LogP contribution in [0.15, 0.2) is 36.4 Å². The summed E-state index contributed by atoms with van der Waals surface area (Å²) in [6.45, 7) is 2.20. The molecule has 0 saturated heterocycles. The van der Waals surface area contributed by atoms with E-state index in [1.807, 2.05) is 18.9 Å². The number of rotatable bonds is 5. The number of ketones is 1. The largest absolute Gasteiger partial charge is 0.292 e. The molecule has 0 bridgehead atoms. The van der Waals surface area contributed by atoms with Gasteiger partial charge in [0, 0.05) is 12.1 Å². The maximum Gasteiger partial charge on any atom is 0.189 e. The molecule has 1 unspecified atom stereocenters. The number of Topliss-reactive ketones (excluding diaryl/α,β-unsaturated/α-hetero) is 1. The lowest BCUT2D eigenvalue weighted by Gasteiger charge is -2.23. The number of carbonyl (C=O) groups is 1. The van der Waals surface area contributed by atoms with Crippen molar-refractivity contribution in [3.8, 4) is 0 Å². The molecule has 106 valence electrons. The van der Waals surface area contributed by atoms with Crippen LogP contribution >= 0.6 is 22.9 Å². The van der Waals surface area contributed by atoms with E-state index in [4.69, 9.17) is 11.6 Å². The van der Waals surface area contributed by atoms with Crippen molar-refractivity contribution in [2.45, 2.75) is 19.5 Å². The van der Waals surface area contributed by atoms with Crippen LogP contribution in [0.4, 0.5) is 4.39 Å². The fraction of sp³-hybridized carbons (Fsp3) is 0.267. The van der Waals surface area contributed by atoms with Crippen LogP contribution < -0.4 is 0 Å². The van der Waals surface area contributed by atoms with Crippen LogP contribution in [0.1, 0.15) is 22.2 Å². The molecule has 0 fully saturated rings. The minimum atomic E-state index is -0.329. The number of nitrogens with zero attached hydrogens (tertiary/aromatic N) is 1. The first kappa shape index (κ1) is 15.2. The molecule has 5 heteroatoms. The number of halogens is 2. The van der Waals surface area contributed by atoms with Gasteiger partial charge in [0.25, 0.3) is 0 Å². The number of hydrogen-bond acceptors (Lipinski definition) is 3. The highest BCUT2D eigenvalue weighted by Crippen LogP contribution is 2.23. The molecule has 0 amide bonds. The van der Waals surface area contributed by atoms with Gasteiger partial charge >= 0.3 is 0 Å². The quantitative estimate of drug-likeness (QED) is 0.770. The molecule has 20 heavy (non-hydrogen) atoms. The SMILES string of the molecule is CC(C(=O)c1ccc(Cl)s1)N(C)Cc1ccccc1F. The summed E-state index contributed by atoms with van der Waals surface area (Å²) in [7, 11) is 1.81. The van der Waals surface area contributed by atoms with E-state index in [9.17, 15) is 9.18 Å². The molecule has 1 atom stereocenters. The summed E-state index contributed by atoms with van der Waals surface area (Å²) in [5, 5.41) is 0. The van der Waals surface area contributed by atoms with Crippen molar-refractivity contribution in [1.82, 2.24) is 4.90 Å². The predicted octanol–water partition coefficient (Wildman–Crippen LogP) is 4.24. The standard InChI is InChI=1S/C15H15ClFNOS/c1-10(15(19)13-7-8-14(16)20-13)18(2)9-11-5-3-4-6-12(11)17/h3-8,10H,9H2,1-2H3. The van der Waals surface area contributed by atoms with Gasteiger partial charge in [-0.1, -0.05) is 29.8 Å². The maximum absolute atomic E-state index is 13.6. The van der Waals surface area contributed by atoms with Crippen LogP contribution in [0.25, 0.3) is 0 Å². The van der Waals surface area contributed by atoms with Crippen molar-refractivity contribution < 1.29 is 9.18 Å². The Balaban J connectivity index is 2.07. The van der Waals surface area contributed by atoms with E-state index in [-0.39, 0.29) is 17.6 Å². The van der Waals surface area contributed by atoms with Gasteiger partial charge in [-0.3, -0.25) is 9.69 Å². The number of carbonyl (C=O) groups excluding carboxylic acids is 1. The van der Waals surface area contributed by atoms with E-state index in [1.54, 1.807) is 30.3 Å². The molecular weight excluding hydrogens is 297 g/mol. The minimum absolute atomic E-state index is 0.000685. The lowest BCUT2D eigenvalue weighted by Crippen LogP contribution is -2.35. The van der Waals surface area contributed by atoms with Crippen LogP contribution in [0.3, 0.4) is 0 Å². The fourth-order valence-electron chi connectivity index (χ4n) is 1.89. The molecule has 1 aromatic heterocycles. The first-order valence-electron chi connectivity index (χ1n) is 6.22. The Morgan fingerprint density at radius 1 is 1.35 bits per heavy atom. The van der Waals surface area contributed by atoms with E-state index in [0.29, 0.717) is 21.3 Å². The Labute approximate surface area is 126 Å². The smallest absolute Gasteiger partial charge is 0.189 e. The lowest BCUT2D eigenvalue weighted by molar-refractivity contribution is 0.0865. The Hall–Kier alpha value is -1.23. The van der Waals surface area contributed by atoms with E-state index < -0.39 is 0 Å². The zero-order valence-electron chi connectivity index (χ0n) is 11.3. The van der Waals surface area contributed by atoms with Crippen LogP contribution in [0.2, 0.25) is 4.34 Å². The summed E-state index contributed by atoms with van der Waals surface area (Å²) in [5.41, 5.74) is 0.582. The summed E-state index contributed by atoms with van der Waals surface area (Å²) < 4.78 is 14.2. The van der Waals surface area contributed by atoms with Crippen molar-refractivity contribution >= 4 is 28.7 Å². The zero-order chi connectivity index (χ0) is 14.7. The Kier molecular flexibility index (Phi) is 4.91. The lowest BCUT2D eigenvalue weighted by atomic mass is 10.1. The molecule has 2 aromatic rings. The van der Waals surface area contributed by atoms with Crippen LogP contribution in [0, 0.1) is 5.82 Å². The van der Waals surface area contributed by atoms with Gasteiger partial charge in [0.15, 0.2) is 5.78 Å². The Morgan fingerprint density at radius 2 is 2.05 bits per heavy atom. The molecule has 0 N–H and O–H groups in total. The van der Waals surface area contributed by atoms with Gasteiger partial charge in [0.1, 0.15) is 5.82 Å². The molecule has 2 rings (SSSR count). The number of likely N-dealkylation sites (N-methyl/N-ethyl adjacent to an activating group) is 1. The third-order valence-electron chi connectivity index (χ3n) is 3.23. The van der Waals surface area contributed by atoms with Crippen LogP contribution in [-0.2, 0) is 6.54 Å². The second-order valence-electron chi connectivity index (χ2n) is 4.65. The molecule has 0 radical (unpaired) electrons. The van der Waals surface area contributed by atoms with Crippen molar-refractivity contribution in [2.24, 2.45) is 0 Å². The summed E-state index contributed by atoms with van der Waals surface area (Å²) in [5.74, 6) is -0.251. The van der Waals surface area contributed by atoms with Gasteiger partial charge in [-0.15, -0.1) is 11.3 Å².